The molecule has 8 nitrogen and oxygen atoms in total. The van der Waals surface area contributed by atoms with Gasteiger partial charge in [-0.15, -0.1) is 0 Å². The fourth-order valence-corrected chi connectivity index (χ4v) is 6.21. The number of nitrogens with one attached hydrogen (secondary N) is 1. The highest BCUT2D eigenvalue weighted by Gasteiger charge is 2.35. The Morgan fingerprint density at radius 1 is 1.18 bits per heavy atom. The van der Waals surface area contributed by atoms with Crippen molar-refractivity contribution in [1.29, 1.82) is 0 Å². The number of fused-ring (bicyclic) bond motifs is 3. The van der Waals surface area contributed by atoms with Crippen LogP contribution in [0.25, 0.3) is 10.9 Å². The summed E-state index contributed by atoms with van der Waals surface area (Å²) in [5, 5.41) is 2.40. The number of hydrogen-bond donors (Lipinski definition) is 1. The minimum atomic E-state index is -0.323. The molecule has 2 aromatic heterocycles. The number of rotatable bonds is 6. The van der Waals surface area contributed by atoms with E-state index in [1.807, 2.05) is 55.6 Å². The Balaban J connectivity index is 1.24. The van der Waals surface area contributed by atoms with Gasteiger partial charge in [-0.25, -0.2) is 9.78 Å². The smallest absolute Gasteiger partial charge is 0.410 e. The second-order valence-corrected chi connectivity index (χ2v) is 10.9. The topological polar surface area (TPSA) is 79.9 Å². The first-order valence-electron chi connectivity index (χ1n) is 12.8. The van der Waals surface area contributed by atoms with E-state index in [1.54, 1.807) is 16.2 Å². The molecule has 4 aromatic rings. The predicted octanol–water partition coefficient (Wildman–Crippen LogP) is 6.01. The highest BCUT2D eigenvalue weighted by molar-refractivity contribution is 7.13. The van der Waals surface area contributed by atoms with Crippen LogP contribution in [0.15, 0.2) is 48.7 Å². The third-order valence-electron chi connectivity index (χ3n) is 7.01. The lowest BCUT2D eigenvalue weighted by molar-refractivity contribution is 0.0346. The Kier molecular flexibility index (Phi) is 7.25. The van der Waals surface area contributed by atoms with E-state index in [-0.39, 0.29) is 12.1 Å². The average Bonchev–Trinajstić information content (AvgIpc) is 3.53. The number of carbonyl (C=O) groups is 1. The van der Waals surface area contributed by atoms with Crippen LogP contribution >= 0.6 is 22.9 Å². The largest absolute Gasteiger partial charge is 0.450 e. The molecule has 0 saturated carbocycles. The molecule has 1 fully saturated rings. The van der Waals surface area contributed by atoms with Crippen molar-refractivity contribution in [3.8, 4) is 10.9 Å². The van der Waals surface area contributed by atoms with E-state index in [0.29, 0.717) is 29.1 Å². The third kappa shape index (κ3) is 5.11. The highest BCUT2D eigenvalue weighted by atomic mass is 35.5. The standard InChI is InChI=1S/C28H29ClN4O4S/c1-2-36-28(34)33-10-9-22-23-15-19(29)5-8-24(23)31-25(22)26(33)18-3-6-20(7-4-18)37-27-30-16-21(38-27)17-32-11-13-35-14-12-32/h3-8,15-16,26,31H,2,9-14,17H2,1H3. The van der Waals surface area contributed by atoms with Gasteiger partial charge in [-0.3, -0.25) is 9.80 Å². The van der Waals surface area contributed by atoms with E-state index in [0.717, 1.165) is 66.3 Å². The normalized spacial score (nSPS) is 17.9. The maximum Gasteiger partial charge on any atom is 0.410 e. The van der Waals surface area contributed by atoms with E-state index in [9.17, 15) is 4.79 Å². The number of halogens is 1. The quantitative estimate of drug-likeness (QED) is 0.316. The molecule has 38 heavy (non-hydrogen) atoms. The summed E-state index contributed by atoms with van der Waals surface area (Å²) in [6, 6.07) is 13.4. The van der Waals surface area contributed by atoms with Crippen LogP contribution in [0.4, 0.5) is 4.79 Å². The maximum atomic E-state index is 12.9. The fraction of sp³-hybridized carbons (Fsp3) is 0.357. The number of morpholine rings is 1. The minimum absolute atomic E-state index is 0.307. The number of benzene rings is 2. The molecule has 2 aliphatic rings. The van der Waals surface area contributed by atoms with Gasteiger partial charge in [-0.1, -0.05) is 35.1 Å². The van der Waals surface area contributed by atoms with E-state index < -0.39 is 0 Å². The molecule has 1 N–H and O–H groups in total. The lowest BCUT2D eigenvalue weighted by atomic mass is 9.92. The van der Waals surface area contributed by atoms with E-state index in [2.05, 4.69) is 14.9 Å². The van der Waals surface area contributed by atoms with Crippen LogP contribution in [-0.4, -0.2) is 65.3 Å². The Morgan fingerprint density at radius 3 is 2.79 bits per heavy atom. The van der Waals surface area contributed by atoms with Crippen molar-refractivity contribution in [2.24, 2.45) is 0 Å². The zero-order valence-electron chi connectivity index (χ0n) is 21.1. The second-order valence-electron chi connectivity index (χ2n) is 9.40. The number of amides is 1. The Labute approximate surface area is 230 Å². The van der Waals surface area contributed by atoms with Crippen molar-refractivity contribution in [3.05, 3.63) is 75.4 Å². The number of nitrogens with zero attached hydrogens (tertiary/aromatic N) is 3. The minimum Gasteiger partial charge on any atom is -0.450 e. The van der Waals surface area contributed by atoms with Gasteiger partial charge in [-0.2, -0.15) is 0 Å². The maximum absolute atomic E-state index is 12.9. The van der Waals surface area contributed by atoms with E-state index in [4.69, 9.17) is 25.8 Å². The van der Waals surface area contributed by atoms with Gasteiger partial charge < -0.3 is 19.2 Å². The highest BCUT2D eigenvalue weighted by Crippen LogP contribution is 2.40. The van der Waals surface area contributed by atoms with Crippen molar-refractivity contribution in [2.75, 3.05) is 39.5 Å². The number of H-pyrrole nitrogens is 1. The number of hydrogen-bond acceptors (Lipinski definition) is 7. The lowest BCUT2D eigenvalue weighted by Gasteiger charge is -2.35. The fourth-order valence-electron chi connectivity index (χ4n) is 5.22. The molecular formula is C28H29ClN4O4S. The van der Waals surface area contributed by atoms with Crippen LogP contribution < -0.4 is 4.74 Å². The summed E-state index contributed by atoms with van der Waals surface area (Å²) < 4.78 is 16.9. The molecule has 1 saturated heterocycles. The Hall–Kier alpha value is -3.11. The molecule has 1 amide bonds. The molecule has 0 bridgehead atoms. The van der Waals surface area contributed by atoms with E-state index >= 15 is 0 Å². The van der Waals surface area contributed by atoms with Crippen molar-refractivity contribution >= 4 is 39.9 Å². The first-order valence-corrected chi connectivity index (χ1v) is 14.0. The molecule has 2 aliphatic heterocycles. The number of ether oxygens (including phenoxy) is 3. The summed E-state index contributed by atoms with van der Waals surface area (Å²) >= 11 is 7.86. The first kappa shape index (κ1) is 25.2. The van der Waals surface area contributed by atoms with Gasteiger partial charge in [0.05, 0.1) is 19.8 Å². The monoisotopic (exact) mass is 552 g/mol. The molecule has 1 atom stereocenters. The molecule has 0 spiro atoms. The lowest BCUT2D eigenvalue weighted by Crippen LogP contribution is -2.40. The summed E-state index contributed by atoms with van der Waals surface area (Å²) in [5.41, 5.74) is 4.15. The summed E-state index contributed by atoms with van der Waals surface area (Å²) in [4.78, 5) is 26.3. The van der Waals surface area contributed by atoms with Gasteiger partial charge in [0.2, 0.25) is 0 Å². The van der Waals surface area contributed by atoms with Crippen molar-refractivity contribution in [1.82, 2.24) is 19.8 Å². The zero-order valence-corrected chi connectivity index (χ0v) is 22.7. The molecule has 0 aliphatic carbocycles. The molecular weight excluding hydrogens is 524 g/mol. The third-order valence-corrected chi connectivity index (χ3v) is 8.10. The first-order chi connectivity index (χ1) is 18.6. The molecule has 4 heterocycles. The number of aromatic amines is 1. The van der Waals surface area contributed by atoms with Gasteiger partial charge in [0, 0.05) is 58.9 Å². The van der Waals surface area contributed by atoms with Crippen LogP contribution in [0.3, 0.4) is 0 Å². The number of thiazole rings is 1. The van der Waals surface area contributed by atoms with Crippen molar-refractivity contribution < 1.29 is 19.0 Å². The summed E-state index contributed by atoms with van der Waals surface area (Å²) in [7, 11) is 0. The molecule has 2 aromatic carbocycles. The molecule has 198 valence electrons. The van der Waals surface area contributed by atoms with Gasteiger partial charge in [0.1, 0.15) is 11.8 Å². The van der Waals surface area contributed by atoms with Gasteiger partial charge >= 0.3 is 6.09 Å². The van der Waals surface area contributed by atoms with Crippen LogP contribution in [0.2, 0.25) is 5.02 Å². The van der Waals surface area contributed by atoms with Gasteiger partial charge in [0.15, 0.2) is 0 Å². The number of carbonyl (C=O) groups excluding carboxylic acids is 1. The van der Waals surface area contributed by atoms with Crippen molar-refractivity contribution in [3.63, 3.8) is 0 Å². The van der Waals surface area contributed by atoms with Crippen LogP contribution in [0.1, 0.15) is 34.7 Å². The Bertz CT molecular complexity index is 1430. The van der Waals surface area contributed by atoms with Crippen LogP contribution in [0.5, 0.6) is 10.9 Å². The van der Waals surface area contributed by atoms with Crippen LogP contribution in [-0.2, 0) is 22.4 Å². The van der Waals surface area contributed by atoms with Crippen molar-refractivity contribution in [2.45, 2.75) is 25.9 Å². The van der Waals surface area contributed by atoms with Crippen LogP contribution in [0, 0.1) is 0 Å². The van der Waals surface area contributed by atoms with Gasteiger partial charge in [-0.05, 0) is 54.8 Å². The zero-order chi connectivity index (χ0) is 26.1. The predicted molar refractivity (Wildman–Crippen MR) is 147 cm³/mol. The molecule has 10 heteroatoms. The summed E-state index contributed by atoms with van der Waals surface area (Å²) in [6.07, 6.45) is 2.28. The average molecular weight is 553 g/mol. The SMILES string of the molecule is CCOC(=O)N1CCc2c([nH]c3ccc(Cl)cc23)C1c1ccc(Oc2ncc(CN3CCOCC3)s2)cc1. The second kappa shape index (κ2) is 10.9. The van der Waals surface area contributed by atoms with Gasteiger partial charge in [0.25, 0.3) is 5.19 Å². The molecule has 0 radical (unpaired) electrons. The Morgan fingerprint density at radius 2 is 2.00 bits per heavy atom. The molecule has 6 rings (SSSR count). The molecule has 1 unspecified atom stereocenters. The number of aromatic nitrogens is 2. The summed E-state index contributed by atoms with van der Waals surface area (Å²) in [5.74, 6) is 0.697. The van der Waals surface area contributed by atoms with E-state index in [1.165, 1.54) is 5.56 Å². The summed E-state index contributed by atoms with van der Waals surface area (Å²) in [6.45, 7) is 6.98.